The second kappa shape index (κ2) is 8.68. The van der Waals surface area contributed by atoms with Crippen molar-refractivity contribution in [1.29, 1.82) is 0 Å². The smallest absolute Gasteiger partial charge is 0.417 e. The monoisotopic (exact) mass is 513 g/mol. The van der Waals surface area contributed by atoms with E-state index < -0.39 is 64.3 Å². The number of anilines is 1. The standard InChI is InChI=1S/C24H24F5N3O4/c1-11-16(13-4-5-14(25)17(26)18(13)35-3)19(36-22(11,2)24(27,28)29)20(33)32-12-6-9-31-15(10-12)23(7-8-23)21(30)34/h4-6,9-11,16,19H,7-8H2,1-3H3,(H2,30,34)(H,31,32,33). The third-order valence-electron chi connectivity index (χ3n) is 7.31. The number of carbonyl (C=O) groups excluding carboxylic acids is 2. The van der Waals surface area contributed by atoms with Gasteiger partial charge < -0.3 is 20.5 Å². The van der Waals surface area contributed by atoms with Gasteiger partial charge in [-0.15, -0.1) is 0 Å². The first-order valence-corrected chi connectivity index (χ1v) is 11.1. The molecular weight excluding hydrogens is 489 g/mol. The van der Waals surface area contributed by atoms with Crippen LogP contribution in [0.2, 0.25) is 0 Å². The van der Waals surface area contributed by atoms with E-state index in [1.54, 1.807) is 0 Å². The SMILES string of the molecule is COc1c(C2C(C(=O)Nc3ccnc(C4(C(N)=O)CC4)c3)OC(C)(C(F)(F)F)C2C)ccc(F)c1F. The van der Waals surface area contributed by atoms with Crippen LogP contribution in [0.15, 0.2) is 30.5 Å². The third kappa shape index (κ3) is 3.97. The molecule has 4 rings (SSSR count). The number of ether oxygens (including phenoxy) is 2. The molecule has 36 heavy (non-hydrogen) atoms. The number of rotatable bonds is 6. The number of halogens is 5. The normalized spacial score (nSPS) is 26.9. The van der Waals surface area contributed by atoms with Crippen LogP contribution in [0.25, 0.3) is 0 Å². The number of nitrogens with one attached hydrogen (secondary N) is 1. The van der Waals surface area contributed by atoms with Crippen LogP contribution < -0.4 is 15.8 Å². The molecule has 1 saturated carbocycles. The summed E-state index contributed by atoms with van der Waals surface area (Å²) in [6.45, 7) is 2.03. The molecule has 4 unspecified atom stereocenters. The van der Waals surface area contributed by atoms with Crippen molar-refractivity contribution in [1.82, 2.24) is 4.98 Å². The van der Waals surface area contributed by atoms with Gasteiger partial charge in [0.05, 0.1) is 18.2 Å². The lowest BCUT2D eigenvalue weighted by atomic mass is 9.77. The molecule has 0 bridgehead atoms. The molecule has 2 amide bonds. The summed E-state index contributed by atoms with van der Waals surface area (Å²) in [6, 6.07) is 4.65. The minimum absolute atomic E-state index is 0.141. The van der Waals surface area contributed by atoms with Crippen molar-refractivity contribution in [3.05, 3.63) is 53.4 Å². The summed E-state index contributed by atoms with van der Waals surface area (Å²) in [5.41, 5.74) is 2.09. The van der Waals surface area contributed by atoms with Crippen LogP contribution in [0.1, 0.15) is 43.9 Å². The zero-order valence-corrected chi connectivity index (χ0v) is 19.6. The van der Waals surface area contributed by atoms with Gasteiger partial charge in [0.1, 0.15) is 6.10 Å². The lowest BCUT2D eigenvalue weighted by molar-refractivity contribution is -0.272. The van der Waals surface area contributed by atoms with Gasteiger partial charge in [-0.2, -0.15) is 17.6 Å². The highest BCUT2D eigenvalue weighted by Crippen LogP contribution is 2.55. The van der Waals surface area contributed by atoms with Gasteiger partial charge in [-0.05, 0) is 38.0 Å². The zero-order valence-electron chi connectivity index (χ0n) is 19.6. The number of hydrogen-bond acceptors (Lipinski definition) is 5. The first-order valence-electron chi connectivity index (χ1n) is 11.1. The van der Waals surface area contributed by atoms with Crippen LogP contribution in [-0.4, -0.2) is 41.8 Å². The van der Waals surface area contributed by atoms with E-state index in [1.165, 1.54) is 25.3 Å². The molecule has 1 aromatic heterocycles. The quantitative estimate of drug-likeness (QED) is 0.570. The lowest BCUT2D eigenvalue weighted by Gasteiger charge is -2.32. The lowest BCUT2D eigenvalue weighted by Crippen LogP contribution is -2.47. The van der Waals surface area contributed by atoms with Crippen molar-refractivity contribution in [3.8, 4) is 5.75 Å². The molecule has 2 aromatic rings. The third-order valence-corrected chi connectivity index (χ3v) is 7.31. The number of nitrogens with zero attached hydrogens (tertiary/aromatic N) is 1. The maximum atomic E-state index is 14.5. The number of amides is 2. The van der Waals surface area contributed by atoms with Crippen LogP contribution in [0.3, 0.4) is 0 Å². The maximum Gasteiger partial charge on any atom is 0.417 e. The van der Waals surface area contributed by atoms with E-state index in [0.29, 0.717) is 18.5 Å². The second-order valence-corrected chi connectivity index (χ2v) is 9.31. The van der Waals surface area contributed by atoms with Gasteiger partial charge in [0, 0.05) is 29.3 Å². The predicted molar refractivity (Wildman–Crippen MR) is 117 cm³/mol. The first-order chi connectivity index (χ1) is 16.8. The predicted octanol–water partition coefficient (Wildman–Crippen LogP) is 3.96. The molecule has 2 aliphatic rings. The van der Waals surface area contributed by atoms with Gasteiger partial charge >= 0.3 is 6.18 Å². The number of pyridine rings is 1. The van der Waals surface area contributed by atoms with E-state index in [9.17, 15) is 31.5 Å². The molecule has 1 saturated heterocycles. The molecule has 0 radical (unpaired) electrons. The molecule has 0 spiro atoms. The van der Waals surface area contributed by atoms with Crippen molar-refractivity contribution in [2.45, 2.75) is 55.9 Å². The molecule has 12 heteroatoms. The average Bonchev–Trinajstić information content (AvgIpc) is 3.57. The fourth-order valence-electron chi connectivity index (χ4n) is 4.78. The number of primary amides is 1. The Morgan fingerprint density at radius 3 is 2.44 bits per heavy atom. The van der Waals surface area contributed by atoms with Gasteiger partial charge in [0.15, 0.2) is 17.2 Å². The van der Waals surface area contributed by atoms with E-state index >= 15 is 0 Å². The van der Waals surface area contributed by atoms with Crippen LogP contribution in [-0.2, 0) is 19.7 Å². The van der Waals surface area contributed by atoms with Crippen LogP contribution in [0.5, 0.6) is 5.75 Å². The minimum atomic E-state index is -4.88. The molecular formula is C24H24F5N3O4. The van der Waals surface area contributed by atoms with Gasteiger partial charge in [-0.3, -0.25) is 14.6 Å². The Kier molecular flexibility index (Phi) is 6.22. The number of alkyl halides is 3. The Morgan fingerprint density at radius 1 is 1.22 bits per heavy atom. The average molecular weight is 513 g/mol. The maximum absolute atomic E-state index is 14.5. The van der Waals surface area contributed by atoms with Gasteiger partial charge in [-0.25, -0.2) is 4.39 Å². The summed E-state index contributed by atoms with van der Waals surface area (Å²) in [6.07, 6.45) is -4.32. The molecule has 2 heterocycles. The summed E-state index contributed by atoms with van der Waals surface area (Å²) in [5, 5.41) is 2.50. The molecule has 4 atom stereocenters. The van der Waals surface area contributed by atoms with Crippen molar-refractivity contribution >= 4 is 17.5 Å². The topological polar surface area (TPSA) is 104 Å². The summed E-state index contributed by atoms with van der Waals surface area (Å²) < 4.78 is 80.8. The first kappa shape index (κ1) is 25.8. The zero-order chi connectivity index (χ0) is 26.6. The van der Waals surface area contributed by atoms with Crippen molar-refractivity contribution < 1.29 is 41.0 Å². The van der Waals surface area contributed by atoms with E-state index in [4.69, 9.17) is 15.2 Å². The highest BCUT2D eigenvalue weighted by molar-refractivity contribution is 5.96. The fourth-order valence-corrected chi connectivity index (χ4v) is 4.78. The van der Waals surface area contributed by atoms with Crippen molar-refractivity contribution in [2.75, 3.05) is 12.4 Å². The van der Waals surface area contributed by atoms with Gasteiger partial charge in [0.2, 0.25) is 11.7 Å². The number of aromatic nitrogens is 1. The molecule has 1 aromatic carbocycles. The molecule has 194 valence electrons. The molecule has 3 N–H and O–H groups in total. The summed E-state index contributed by atoms with van der Waals surface area (Å²) in [5.74, 6) is -7.50. The number of nitrogens with two attached hydrogens (primary N) is 1. The van der Waals surface area contributed by atoms with Gasteiger partial charge in [-0.1, -0.05) is 13.0 Å². The van der Waals surface area contributed by atoms with E-state index in [2.05, 4.69) is 10.3 Å². The van der Waals surface area contributed by atoms with Crippen LogP contribution >= 0.6 is 0 Å². The largest absolute Gasteiger partial charge is 0.493 e. The Hall–Kier alpha value is -3.28. The van der Waals surface area contributed by atoms with Crippen LogP contribution in [0, 0.1) is 17.6 Å². The number of hydrogen-bond donors (Lipinski definition) is 2. The van der Waals surface area contributed by atoms with Gasteiger partial charge in [0.25, 0.3) is 5.91 Å². The molecule has 1 aliphatic carbocycles. The highest BCUT2D eigenvalue weighted by Gasteiger charge is 2.66. The van der Waals surface area contributed by atoms with Crippen molar-refractivity contribution in [2.24, 2.45) is 11.7 Å². The minimum Gasteiger partial charge on any atom is -0.493 e. The Morgan fingerprint density at radius 2 is 1.89 bits per heavy atom. The number of methoxy groups -OCH3 is 1. The van der Waals surface area contributed by atoms with Crippen LogP contribution in [0.4, 0.5) is 27.6 Å². The summed E-state index contributed by atoms with van der Waals surface area (Å²) in [4.78, 5) is 29.3. The summed E-state index contributed by atoms with van der Waals surface area (Å²) in [7, 11) is 1.05. The molecule has 1 aliphatic heterocycles. The second-order valence-electron chi connectivity index (χ2n) is 9.31. The van der Waals surface area contributed by atoms with E-state index in [1.807, 2.05) is 0 Å². The fraction of sp³-hybridized carbons (Fsp3) is 0.458. The Bertz CT molecular complexity index is 1220. The Labute approximate surface area is 203 Å². The Balaban J connectivity index is 1.73. The van der Waals surface area contributed by atoms with E-state index in [0.717, 1.165) is 26.2 Å². The summed E-state index contributed by atoms with van der Waals surface area (Å²) >= 11 is 0. The highest BCUT2D eigenvalue weighted by atomic mass is 19.4. The molecule has 7 nitrogen and oxygen atoms in total. The van der Waals surface area contributed by atoms with E-state index in [-0.39, 0.29) is 11.3 Å². The molecule has 2 fully saturated rings. The van der Waals surface area contributed by atoms with Crippen molar-refractivity contribution in [3.63, 3.8) is 0 Å². The number of benzene rings is 1. The number of carbonyl (C=O) groups is 2.